The van der Waals surface area contributed by atoms with E-state index in [9.17, 15) is 13.2 Å². The second-order valence-corrected chi connectivity index (χ2v) is 7.95. The number of nitrogens with zero attached hydrogens (tertiary/aromatic N) is 1. The highest BCUT2D eigenvalue weighted by Gasteiger charge is 2.30. The number of ether oxygens (including phenoxy) is 2. The number of anilines is 1. The smallest absolute Gasteiger partial charge is 0.228 e. The van der Waals surface area contributed by atoms with Crippen molar-refractivity contribution < 1.29 is 22.7 Å². The van der Waals surface area contributed by atoms with Gasteiger partial charge in [-0.1, -0.05) is 0 Å². The number of methoxy groups -OCH3 is 2. The summed E-state index contributed by atoms with van der Waals surface area (Å²) < 4.78 is 35.2. The molecule has 2 rings (SSSR count). The minimum absolute atomic E-state index is 0.182. The number of amides is 1. The molecule has 0 spiro atoms. The quantitative estimate of drug-likeness (QED) is 0.867. The fraction of sp³-hybridized carbons (Fsp3) is 0.562. The molecule has 1 atom stereocenters. The molecule has 0 saturated carbocycles. The Kier molecular flexibility index (Phi) is 5.71. The van der Waals surface area contributed by atoms with Crippen LogP contribution in [0, 0.1) is 12.8 Å². The van der Waals surface area contributed by atoms with Gasteiger partial charge in [-0.15, -0.1) is 0 Å². The van der Waals surface area contributed by atoms with Crippen LogP contribution >= 0.6 is 0 Å². The van der Waals surface area contributed by atoms with E-state index in [1.54, 1.807) is 19.2 Å². The Labute approximate surface area is 143 Å². The number of rotatable bonds is 5. The van der Waals surface area contributed by atoms with E-state index in [0.29, 0.717) is 36.6 Å². The Morgan fingerprint density at radius 2 is 1.88 bits per heavy atom. The first-order chi connectivity index (χ1) is 11.3. The van der Waals surface area contributed by atoms with Gasteiger partial charge in [-0.2, -0.15) is 0 Å². The average Bonchev–Trinajstić information content (AvgIpc) is 2.55. The van der Waals surface area contributed by atoms with E-state index >= 15 is 0 Å². The molecule has 0 bridgehead atoms. The molecular formula is C16H24N2O5S. The minimum Gasteiger partial charge on any atom is -0.493 e. The van der Waals surface area contributed by atoms with Crippen molar-refractivity contribution in [3.8, 4) is 11.5 Å². The lowest BCUT2D eigenvalue weighted by Gasteiger charge is -2.30. The highest BCUT2D eigenvalue weighted by Crippen LogP contribution is 2.33. The molecule has 7 nitrogen and oxygen atoms in total. The van der Waals surface area contributed by atoms with E-state index in [0.717, 1.165) is 5.56 Å². The van der Waals surface area contributed by atoms with Gasteiger partial charge in [0.15, 0.2) is 11.5 Å². The topological polar surface area (TPSA) is 84.9 Å². The third-order valence-electron chi connectivity index (χ3n) is 4.21. The summed E-state index contributed by atoms with van der Waals surface area (Å²) in [6.07, 6.45) is 2.52. The third kappa shape index (κ3) is 4.18. The Hall–Kier alpha value is -1.80. The number of hydrogen-bond donors (Lipinski definition) is 1. The normalized spacial score (nSPS) is 18.9. The van der Waals surface area contributed by atoms with Gasteiger partial charge in [-0.3, -0.25) is 4.79 Å². The second kappa shape index (κ2) is 7.40. The van der Waals surface area contributed by atoms with E-state index in [1.807, 2.05) is 6.92 Å². The lowest BCUT2D eigenvalue weighted by atomic mass is 9.98. The molecule has 1 aromatic carbocycles. The SMILES string of the molecule is COc1cc(C)c(NC(=O)[C@H]2CCCN(S(C)(=O)=O)C2)cc1OC. The highest BCUT2D eigenvalue weighted by molar-refractivity contribution is 7.88. The van der Waals surface area contributed by atoms with Crippen LogP contribution in [0.25, 0.3) is 0 Å². The molecule has 0 radical (unpaired) electrons. The van der Waals surface area contributed by atoms with Crippen LogP contribution < -0.4 is 14.8 Å². The summed E-state index contributed by atoms with van der Waals surface area (Å²) in [6.45, 7) is 2.55. The molecule has 24 heavy (non-hydrogen) atoms. The van der Waals surface area contributed by atoms with E-state index in [4.69, 9.17) is 9.47 Å². The zero-order valence-corrected chi connectivity index (χ0v) is 15.3. The van der Waals surface area contributed by atoms with Crippen molar-refractivity contribution in [3.05, 3.63) is 17.7 Å². The number of nitrogens with one attached hydrogen (secondary N) is 1. The first kappa shape index (κ1) is 18.5. The summed E-state index contributed by atoms with van der Waals surface area (Å²) >= 11 is 0. The molecule has 1 heterocycles. The van der Waals surface area contributed by atoms with Gasteiger partial charge in [-0.05, 0) is 31.4 Å². The van der Waals surface area contributed by atoms with Gasteiger partial charge in [0.05, 0.1) is 26.4 Å². The molecule has 134 valence electrons. The summed E-state index contributed by atoms with van der Waals surface area (Å²) in [5, 5.41) is 2.88. The van der Waals surface area contributed by atoms with Gasteiger partial charge < -0.3 is 14.8 Å². The Morgan fingerprint density at radius 1 is 1.25 bits per heavy atom. The molecule has 0 aliphatic carbocycles. The summed E-state index contributed by atoms with van der Waals surface area (Å²) in [7, 11) is -0.192. The molecule has 1 amide bonds. The number of aryl methyl sites for hydroxylation is 1. The number of hydrogen-bond acceptors (Lipinski definition) is 5. The first-order valence-electron chi connectivity index (χ1n) is 7.75. The van der Waals surface area contributed by atoms with Crippen molar-refractivity contribution in [2.24, 2.45) is 5.92 Å². The van der Waals surface area contributed by atoms with E-state index in [2.05, 4.69) is 5.32 Å². The van der Waals surface area contributed by atoms with Crippen LogP contribution in [0.2, 0.25) is 0 Å². The summed E-state index contributed by atoms with van der Waals surface area (Å²) in [4.78, 5) is 12.5. The van der Waals surface area contributed by atoms with Gasteiger partial charge in [0, 0.05) is 24.8 Å². The van der Waals surface area contributed by atoms with Crippen molar-refractivity contribution >= 4 is 21.6 Å². The number of benzene rings is 1. The zero-order chi connectivity index (χ0) is 17.9. The molecule has 1 aliphatic rings. The maximum Gasteiger partial charge on any atom is 0.228 e. The van der Waals surface area contributed by atoms with E-state index in [1.165, 1.54) is 17.7 Å². The molecular weight excluding hydrogens is 332 g/mol. The van der Waals surface area contributed by atoms with Crippen LogP contribution in [0.1, 0.15) is 18.4 Å². The Bertz CT molecular complexity index is 717. The van der Waals surface area contributed by atoms with E-state index < -0.39 is 10.0 Å². The van der Waals surface area contributed by atoms with Crippen molar-refractivity contribution in [1.82, 2.24) is 4.31 Å². The molecule has 1 N–H and O–H groups in total. The summed E-state index contributed by atoms with van der Waals surface area (Å²) in [5.41, 5.74) is 1.48. The Balaban J connectivity index is 2.15. The Morgan fingerprint density at radius 3 is 2.46 bits per heavy atom. The van der Waals surface area contributed by atoms with Gasteiger partial charge in [0.2, 0.25) is 15.9 Å². The summed E-state index contributed by atoms with van der Waals surface area (Å²) in [5.74, 6) is 0.577. The average molecular weight is 356 g/mol. The molecule has 1 saturated heterocycles. The standard InChI is InChI=1S/C16H24N2O5S/c1-11-8-14(22-2)15(23-3)9-13(11)17-16(19)12-6-5-7-18(10-12)24(4,20)21/h8-9,12H,5-7,10H2,1-4H3,(H,17,19)/t12-/m0/s1. The van der Waals surface area contributed by atoms with Gasteiger partial charge >= 0.3 is 0 Å². The lowest BCUT2D eigenvalue weighted by Crippen LogP contribution is -2.43. The van der Waals surface area contributed by atoms with Crippen LogP contribution in [0.4, 0.5) is 5.69 Å². The van der Waals surface area contributed by atoms with Gasteiger partial charge in [0.1, 0.15) is 0 Å². The van der Waals surface area contributed by atoms with Crippen LogP contribution in [0.15, 0.2) is 12.1 Å². The number of sulfonamides is 1. The largest absolute Gasteiger partial charge is 0.493 e. The minimum atomic E-state index is -3.28. The third-order valence-corrected chi connectivity index (χ3v) is 5.48. The zero-order valence-electron chi connectivity index (χ0n) is 14.5. The van der Waals surface area contributed by atoms with Crippen LogP contribution in [0.3, 0.4) is 0 Å². The number of carbonyl (C=O) groups excluding carboxylic acids is 1. The van der Waals surface area contributed by atoms with Crippen LogP contribution in [-0.4, -0.2) is 52.2 Å². The number of piperidine rings is 1. The van der Waals surface area contributed by atoms with Gasteiger partial charge in [0.25, 0.3) is 0 Å². The van der Waals surface area contributed by atoms with Crippen LogP contribution in [-0.2, 0) is 14.8 Å². The van der Waals surface area contributed by atoms with Crippen molar-refractivity contribution in [2.75, 3.05) is 38.9 Å². The van der Waals surface area contributed by atoms with Crippen molar-refractivity contribution in [3.63, 3.8) is 0 Å². The van der Waals surface area contributed by atoms with Crippen molar-refractivity contribution in [1.29, 1.82) is 0 Å². The van der Waals surface area contributed by atoms with Gasteiger partial charge in [-0.25, -0.2) is 12.7 Å². The molecule has 1 fully saturated rings. The van der Waals surface area contributed by atoms with E-state index in [-0.39, 0.29) is 18.4 Å². The molecule has 0 aromatic heterocycles. The van der Waals surface area contributed by atoms with Crippen LogP contribution in [0.5, 0.6) is 11.5 Å². The maximum absolute atomic E-state index is 12.5. The fourth-order valence-electron chi connectivity index (χ4n) is 2.81. The van der Waals surface area contributed by atoms with Crippen molar-refractivity contribution in [2.45, 2.75) is 19.8 Å². The molecule has 0 unspecified atom stereocenters. The molecule has 1 aromatic rings. The lowest BCUT2D eigenvalue weighted by molar-refractivity contribution is -0.120. The predicted octanol–water partition coefficient (Wildman–Crippen LogP) is 1.62. The monoisotopic (exact) mass is 356 g/mol. The highest BCUT2D eigenvalue weighted by atomic mass is 32.2. The molecule has 8 heteroatoms. The fourth-order valence-corrected chi connectivity index (χ4v) is 3.72. The summed E-state index contributed by atoms with van der Waals surface area (Å²) in [6, 6.07) is 3.50. The maximum atomic E-state index is 12.5. The molecule has 1 aliphatic heterocycles. The number of carbonyl (C=O) groups is 1. The second-order valence-electron chi connectivity index (χ2n) is 5.97. The first-order valence-corrected chi connectivity index (χ1v) is 9.59. The predicted molar refractivity (Wildman–Crippen MR) is 92.1 cm³/mol.